The quantitative estimate of drug-likeness (QED) is 0.708. The van der Waals surface area contributed by atoms with Gasteiger partial charge in [-0.2, -0.15) is 0 Å². The molecule has 1 fully saturated rings. The summed E-state index contributed by atoms with van der Waals surface area (Å²) in [7, 11) is 0. The van der Waals surface area contributed by atoms with Gasteiger partial charge in [0.1, 0.15) is 21.8 Å². The summed E-state index contributed by atoms with van der Waals surface area (Å²) < 4.78 is 19.2. The van der Waals surface area contributed by atoms with E-state index in [1.807, 2.05) is 24.3 Å². The summed E-state index contributed by atoms with van der Waals surface area (Å²) in [6.07, 6.45) is 2.96. The number of hydrogen-bond acceptors (Lipinski definition) is 5. The molecule has 1 aliphatic rings. The molecule has 0 saturated carbocycles. The third kappa shape index (κ3) is 3.49. The minimum absolute atomic E-state index is 0.0885. The van der Waals surface area contributed by atoms with Crippen LogP contribution in [-0.4, -0.2) is 40.5 Å². The molecule has 3 heterocycles. The first-order valence-corrected chi connectivity index (χ1v) is 9.06. The first kappa shape index (κ1) is 16.8. The summed E-state index contributed by atoms with van der Waals surface area (Å²) >= 11 is 1.32. The molecule has 0 N–H and O–H groups in total. The van der Waals surface area contributed by atoms with E-state index in [0.29, 0.717) is 29.6 Å². The minimum atomic E-state index is -0.327. The summed E-state index contributed by atoms with van der Waals surface area (Å²) in [5.74, 6) is -0.397. The van der Waals surface area contributed by atoms with Crippen molar-refractivity contribution < 1.29 is 13.9 Å². The third-order valence-electron chi connectivity index (χ3n) is 4.17. The molecule has 0 bridgehead atoms. The van der Waals surface area contributed by atoms with E-state index in [4.69, 9.17) is 4.74 Å². The van der Waals surface area contributed by atoms with Gasteiger partial charge in [-0.05, 0) is 29.8 Å². The first-order valence-electron chi connectivity index (χ1n) is 8.24. The highest BCUT2D eigenvalue weighted by molar-refractivity contribution is 7.16. The van der Waals surface area contributed by atoms with Crippen LogP contribution in [0.3, 0.4) is 0 Å². The van der Waals surface area contributed by atoms with Gasteiger partial charge in [0.15, 0.2) is 0 Å². The second-order valence-corrected chi connectivity index (χ2v) is 6.94. The number of amides is 1. The fraction of sp³-hybridized carbons (Fsp3) is 0.211. The highest BCUT2D eigenvalue weighted by Gasteiger charge is 2.27. The molecule has 1 atom stereocenters. The largest absolute Gasteiger partial charge is 0.370 e. The lowest BCUT2D eigenvalue weighted by molar-refractivity contribution is -0.0227. The SMILES string of the molecule is O=C(c1cnc(-c2ccccn2)s1)N1CCOC(c2cccc(F)c2)C1. The summed E-state index contributed by atoms with van der Waals surface area (Å²) in [5.41, 5.74) is 1.48. The van der Waals surface area contributed by atoms with Gasteiger partial charge >= 0.3 is 0 Å². The Labute approximate surface area is 154 Å². The van der Waals surface area contributed by atoms with Crippen molar-refractivity contribution in [1.29, 1.82) is 0 Å². The Balaban J connectivity index is 1.50. The smallest absolute Gasteiger partial charge is 0.265 e. The number of halogens is 1. The van der Waals surface area contributed by atoms with E-state index in [-0.39, 0.29) is 17.8 Å². The maximum atomic E-state index is 13.5. The lowest BCUT2D eigenvalue weighted by Gasteiger charge is -2.32. The van der Waals surface area contributed by atoms with E-state index in [1.165, 1.54) is 23.5 Å². The van der Waals surface area contributed by atoms with Crippen molar-refractivity contribution >= 4 is 17.2 Å². The van der Waals surface area contributed by atoms with Gasteiger partial charge in [-0.15, -0.1) is 11.3 Å². The summed E-state index contributed by atoms with van der Waals surface area (Å²) in [6, 6.07) is 11.9. The van der Waals surface area contributed by atoms with Crippen LogP contribution in [0.15, 0.2) is 54.9 Å². The van der Waals surface area contributed by atoms with E-state index in [9.17, 15) is 9.18 Å². The molecule has 0 aliphatic carbocycles. The average molecular weight is 369 g/mol. The number of aromatic nitrogens is 2. The number of nitrogens with zero attached hydrogens (tertiary/aromatic N) is 3. The standard InChI is InChI=1S/C19H16FN3O2S/c20-14-5-3-4-13(10-14)16-12-23(8-9-25-16)19(24)17-11-22-18(26-17)15-6-1-2-7-21-15/h1-7,10-11,16H,8-9,12H2. The lowest BCUT2D eigenvalue weighted by atomic mass is 10.1. The maximum absolute atomic E-state index is 13.5. The number of rotatable bonds is 3. The van der Waals surface area contributed by atoms with E-state index in [0.717, 1.165) is 11.3 Å². The second kappa shape index (κ2) is 7.31. The van der Waals surface area contributed by atoms with Crippen LogP contribution in [0.4, 0.5) is 4.39 Å². The van der Waals surface area contributed by atoms with Crippen molar-refractivity contribution in [3.05, 3.63) is 71.1 Å². The molecule has 1 aliphatic heterocycles. The molecule has 1 saturated heterocycles. The van der Waals surface area contributed by atoms with Crippen molar-refractivity contribution in [2.24, 2.45) is 0 Å². The monoisotopic (exact) mass is 369 g/mol. The van der Waals surface area contributed by atoms with Crippen LogP contribution < -0.4 is 0 Å². The van der Waals surface area contributed by atoms with Gasteiger partial charge in [-0.25, -0.2) is 9.37 Å². The molecule has 26 heavy (non-hydrogen) atoms. The first-order chi connectivity index (χ1) is 12.7. The minimum Gasteiger partial charge on any atom is -0.370 e. The molecule has 2 aromatic heterocycles. The number of pyridine rings is 1. The molecular weight excluding hydrogens is 353 g/mol. The number of ether oxygens (including phenoxy) is 1. The van der Waals surface area contributed by atoms with Crippen LogP contribution in [-0.2, 0) is 4.74 Å². The fourth-order valence-corrected chi connectivity index (χ4v) is 3.74. The van der Waals surface area contributed by atoms with Crippen molar-refractivity contribution in [2.75, 3.05) is 19.7 Å². The molecule has 3 aromatic rings. The average Bonchev–Trinajstić information content (AvgIpc) is 3.18. The van der Waals surface area contributed by atoms with Crippen molar-refractivity contribution in [2.45, 2.75) is 6.10 Å². The van der Waals surface area contributed by atoms with E-state index in [2.05, 4.69) is 9.97 Å². The lowest BCUT2D eigenvalue weighted by Crippen LogP contribution is -2.42. The van der Waals surface area contributed by atoms with Gasteiger partial charge < -0.3 is 9.64 Å². The number of carbonyl (C=O) groups excluding carboxylic acids is 1. The highest BCUT2D eigenvalue weighted by Crippen LogP contribution is 2.27. The molecule has 0 spiro atoms. The van der Waals surface area contributed by atoms with Crippen molar-refractivity contribution in [3.63, 3.8) is 0 Å². The number of benzene rings is 1. The molecule has 4 rings (SSSR count). The predicted octanol–water partition coefficient (Wildman–Crippen LogP) is 3.56. The summed E-state index contributed by atoms with van der Waals surface area (Å²) in [4.78, 5) is 23.7. The van der Waals surface area contributed by atoms with Gasteiger partial charge in [0.2, 0.25) is 0 Å². The Morgan fingerprint density at radius 3 is 2.96 bits per heavy atom. The van der Waals surface area contributed by atoms with Gasteiger partial charge in [0.25, 0.3) is 5.91 Å². The summed E-state index contributed by atoms with van der Waals surface area (Å²) in [5, 5.41) is 0.712. The molecule has 7 heteroatoms. The van der Waals surface area contributed by atoms with Gasteiger partial charge in [0, 0.05) is 12.7 Å². The predicted molar refractivity (Wildman–Crippen MR) is 96.3 cm³/mol. The topological polar surface area (TPSA) is 55.3 Å². The zero-order chi connectivity index (χ0) is 17.9. The van der Waals surface area contributed by atoms with Crippen molar-refractivity contribution in [1.82, 2.24) is 14.9 Å². The number of morpholine rings is 1. The molecule has 1 amide bonds. The van der Waals surface area contributed by atoms with Crippen LogP contribution in [0.1, 0.15) is 21.3 Å². The maximum Gasteiger partial charge on any atom is 0.265 e. The van der Waals surface area contributed by atoms with Gasteiger partial charge in [0.05, 0.1) is 25.0 Å². The molecular formula is C19H16FN3O2S. The van der Waals surface area contributed by atoms with E-state index >= 15 is 0 Å². The molecule has 0 radical (unpaired) electrons. The number of thiazole rings is 1. The highest BCUT2D eigenvalue weighted by atomic mass is 32.1. The molecule has 1 unspecified atom stereocenters. The Kier molecular flexibility index (Phi) is 4.73. The van der Waals surface area contributed by atoms with Gasteiger partial charge in [-0.1, -0.05) is 18.2 Å². The summed E-state index contributed by atoms with van der Waals surface area (Å²) in [6.45, 7) is 1.30. The van der Waals surface area contributed by atoms with Crippen LogP contribution in [0.5, 0.6) is 0 Å². The number of hydrogen-bond donors (Lipinski definition) is 0. The van der Waals surface area contributed by atoms with Crippen molar-refractivity contribution in [3.8, 4) is 10.7 Å². The Morgan fingerprint density at radius 1 is 1.23 bits per heavy atom. The molecule has 132 valence electrons. The molecule has 1 aromatic carbocycles. The van der Waals surface area contributed by atoms with Crippen LogP contribution >= 0.6 is 11.3 Å². The fourth-order valence-electron chi connectivity index (χ4n) is 2.88. The normalized spacial score (nSPS) is 17.3. The zero-order valence-electron chi connectivity index (χ0n) is 13.8. The Hall–Kier alpha value is -2.64. The van der Waals surface area contributed by atoms with Crippen LogP contribution in [0, 0.1) is 5.82 Å². The Morgan fingerprint density at radius 2 is 2.15 bits per heavy atom. The van der Waals surface area contributed by atoms with Crippen LogP contribution in [0.25, 0.3) is 10.7 Å². The van der Waals surface area contributed by atoms with Gasteiger partial charge in [-0.3, -0.25) is 9.78 Å². The van der Waals surface area contributed by atoms with E-state index < -0.39 is 0 Å². The third-order valence-corrected chi connectivity index (χ3v) is 5.18. The second-order valence-electron chi connectivity index (χ2n) is 5.91. The Bertz CT molecular complexity index is 916. The number of carbonyl (C=O) groups is 1. The zero-order valence-corrected chi connectivity index (χ0v) is 14.7. The van der Waals surface area contributed by atoms with E-state index in [1.54, 1.807) is 23.4 Å². The van der Waals surface area contributed by atoms with Crippen LogP contribution in [0.2, 0.25) is 0 Å². The molecule has 5 nitrogen and oxygen atoms in total.